The van der Waals surface area contributed by atoms with E-state index in [1.165, 1.54) is 35.1 Å². The molecule has 0 aromatic heterocycles. The summed E-state index contributed by atoms with van der Waals surface area (Å²) in [7, 11) is 0. The molecule has 0 spiro atoms. The van der Waals surface area contributed by atoms with Gasteiger partial charge in [-0.1, -0.05) is 63.7 Å². The van der Waals surface area contributed by atoms with Crippen LogP contribution in [0.25, 0.3) is 0 Å². The van der Waals surface area contributed by atoms with Gasteiger partial charge in [0.1, 0.15) is 0 Å². The number of halogens is 1. The second-order valence-corrected chi connectivity index (χ2v) is 6.71. The molecule has 2 heteroatoms. The van der Waals surface area contributed by atoms with E-state index in [1.54, 1.807) is 0 Å². The Labute approximate surface area is 172 Å². The van der Waals surface area contributed by atoms with Crippen LogP contribution in [0.5, 0.6) is 0 Å². The van der Waals surface area contributed by atoms with E-state index in [9.17, 15) is 0 Å². The number of alkyl halides is 1. The van der Waals surface area contributed by atoms with Gasteiger partial charge in [0.2, 0.25) is 0 Å². The quantitative estimate of drug-likeness (QED) is 0.189. The fraction of sp³-hybridized carbons (Fsp3) is 0.550. The van der Waals surface area contributed by atoms with E-state index in [0.717, 1.165) is 24.6 Å². The maximum atomic E-state index is 3.44. The number of allylic oxidation sites excluding steroid dienone is 8. The molecule has 0 saturated carbocycles. The van der Waals surface area contributed by atoms with E-state index in [0.29, 0.717) is 0 Å². The van der Waals surface area contributed by atoms with Crippen LogP contribution in [0.4, 0.5) is 0 Å². The van der Waals surface area contributed by atoms with E-state index >= 15 is 0 Å². The summed E-state index contributed by atoms with van der Waals surface area (Å²) in [5.74, 6) is 0. The van der Waals surface area contributed by atoms with Crippen molar-refractivity contribution in [1.82, 2.24) is 0 Å². The van der Waals surface area contributed by atoms with Crippen molar-refractivity contribution in [3.63, 3.8) is 0 Å². The predicted octanol–water partition coefficient (Wildman–Crippen LogP) is 7.34. The molecule has 22 heavy (non-hydrogen) atoms. The zero-order valence-corrected chi connectivity index (χ0v) is 19.5. The van der Waals surface area contributed by atoms with Gasteiger partial charge in [-0.05, 0) is 47.0 Å². The van der Waals surface area contributed by atoms with Gasteiger partial charge in [-0.2, -0.15) is 0 Å². The first-order valence-electron chi connectivity index (χ1n) is 7.95. The van der Waals surface area contributed by atoms with Crippen LogP contribution in [-0.2, 0) is 32.7 Å². The Hall–Kier alpha value is 0.414. The van der Waals surface area contributed by atoms with Crippen molar-refractivity contribution in [3.8, 4) is 0 Å². The van der Waals surface area contributed by atoms with Crippen LogP contribution in [0.3, 0.4) is 0 Å². The van der Waals surface area contributed by atoms with Gasteiger partial charge in [-0.25, -0.2) is 18.1 Å². The first kappa shape index (κ1) is 24.7. The van der Waals surface area contributed by atoms with Crippen molar-refractivity contribution in [2.24, 2.45) is 0 Å². The molecular formula is C20H32BrY-. The van der Waals surface area contributed by atoms with Crippen molar-refractivity contribution >= 4 is 15.9 Å². The molecule has 0 amide bonds. The summed E-state index contributed by atoms with van der Waals surface area (Å²) in [6.45, 7) is 11.0. The molecule has 0 rings (SSSR count). The van der Waals surface area contributed by atoms with E-state index in [1.807, 2.05) is 0 Å². The summed E-state index contributed by atoms with van der Waals surface area (Å²) in [6, 6.07) is 0. The minimum Gasteiger partial charge on any atom is -0.229 e. The molecule has 0 unspecified atom stereocenters. The molecular weight excluding hydrogens is 409 g/mol. The van der Waals surface area contributed by atoms with E-state index in [2.05, 4.69) is 81.3 Å². The Morgan fingerprint density at radius 1 is 0.818 bits per heavy atom. The van der Waals surface area contributed by atoms with Gasteiger partial charge < -0.3 is 0 Å². The second-order valence-electron chi connectivity index (χ2n) is 6.07. The van der Waals surface area contributed by atoms with E-state index in [-0.39, 0.29) is 32.7 Å². The first-order valence-corrected chi connectivity index (χ1v) is 9.07. The smallest absolute Gasteiger partial charge is 0.0214 e. The fourth-order valence-electron chi connectivity index (χ4n) is 1.98. The molecule has 0 fully saturated rings. The predicted molar refractivity (Wildman–Crippen MR) is 102 cm³/mol. The molecule has 0 aliphatic rings. The summed E-state index contributed by atoms with van der Waals surface area (Å²) in [6.07, 6.45) is 17.2. The molecule has 0 saturated heterocycles. The monoisotopic (exact) mass is 440 g/mol. The number of rotatable bonds is 10. The minimum absolute atomic E-state index is 0. The van der Waals surface area contributed by atoms with Crippen LogP contribution in [0.2, 0.25) is 0 Å². The first-order chi connectivity index (χ1) is 9.95. The summed E-state index contributed by atoms with van der Waals surface area (Å²) < 4.78 is 0. The minimum atomic E-state index is 0. The third kappa shape index (κ3) is 16.8. The standard InChI is InChI=1S/C20H32Br.Y/c1-17(2)9-6-10-18(3)11-7-12-19(4)13-8-14-20(5)15-16-21;/h7,9,11,13,15H,6,8,10,12,14,16H2,1-5H3;/q-1;/b18-11+,19-13+,20-15+;. The molecule has 0 nitrogen and oxygen atoms in total. The van der Waals surface area contributed by atoms with Crippen molar-refractivity contribution in [3.05, 3.63) is 53.0 Å². The average Bonchev–Trinajstić information content (AvgIpc) is 2.38. The van der Waals surface area contributed by atoms with Gasteiger partial charge in [0.15, 0.2) is 0 Å². The van der Waals surface area contributed by atoms with Crippen LogP contribution in [-0.4, -0.2) is 5.33 Å². The normalized spacial score (nSPS) is 12.7. The van der Waals surface area contributed by atoms with E-state index < -0.39 is 0 Å². The zero-order valence-electron chi connectivity index (χ0n) is 15.1. The second kappa shape index (κ2) is 16.3. The van der Waals surface area contributed by atoms with Gasteiger partial charge in [0, 0.05) is 38.0 Å². The molecule has 0 heterocycles. The number of hydrogen-bond acceptors (Lipinski definition) is 0. The molecule has 0 bridgehead atoms. The van der Waals surface area contributed by atoms with Crippen molar-refractivity contribution in [1.29, 1.82) is 0 Å². The largest absolute Gasteiger partial charge is 0.229 e. The molecule has 1 radical (unpaired) electrons. The third-order valence-corrected chi connectivity index (χ3v) is 3.71. The molecule has 0 aromatic rings. The Morgan fingerprint density at radius 2 is 1.41 bits per heavy atom. The third-order valence-electron chi connectivity index (χ3n) is 3.39. The van der Waals surface area contributed by atoms with Crippen molar-refractivity contribution < 1.29 is 32.7 Å². The van der Waals surface area contributed by atoms with Crippen LogP contribution in [0.1, 0.15) is 66.7 Å². The molecule has 0 aromatic carbocycles. The summed E-state index contributed by atoms with van der Waals surface area (Å²) >= 11 is 3.44. The number of hydrogen-bond donors (Lipinski definition) is 0. The van der Waals surface area contributed by atoms with Gasteiger partial charge in [0.05, 0.1) is 0 Å². The van der Waals surface area contributed by atoms with Crippen LogP contribution in [0, 0.1) is 6.42 Å². The maximum Gasteiger partial charge on any atom is 0.0214 e. The SMILES string of the molecule is CC(C)=CCC/C(C)=C/[CH-]C/C(C)=C/CC/C(C)=C/CBr.[Y]. The Bertz CT molecular complexity index is 396. The molecule has 0 aliphatic heterocycles. The summed E-state index contributed by atoms with van der Waals surface area (Å²) in [5.41, 5.74) is 5.82. The van der Waals surface area contributed by atoms with E-state index in [4.69, 9.17) is 0 Å². The van der Waals surface area contributed by atoms with Crippen LogP contribution >= 0.6 is 15.9 Å². The van der Waals surface area contributed by atoms with Gasteiger partial charge >= 0.3 is 0 Å². The van der Waals surface area contributed by atoms with Crippen LogP contribution < -0.4 is 0 Å². The molecule has 0 aliphatic carbocycles. The Morgan fingerprint density at radius 3 is 2.00 bits per heavy atom. The molecule has 0 N–H and O–H groups in total. The zero-order chi connectivity index (χ0) is 16.1. The maximum absolute atomic E-state index is 3.44. The van der Waals surface area contributed by atoms with Gasteiger partial charge in [-0.3, -0.25) is 0 Å². The van der Waals surface area contributed by atoms with Gasteiger partial charge in [-0.15, -0.1) is 6.92 Å². The Kier molecular flexibility index (Phi) is 18.2. The molecule has 123 valence electrons. The van der Waals surface area contributed by atoms with Crippen molar-refractivity contribution in [2.75, 3.05) is 5.33 Å². The topological polar surface area (TPSA) is 0 Å². The molecule has 0 atom stereocenters. The van der Waals surface area contributed by atoms with Crippen molar-refractivity contribution in [2.45, 2.75) is 66.7 Å². The van der Waals surface area contributed by atoms with Crippen LogP contribution in [0.15, 0.2) is 46.6 Å². The summed E-state index contributed by atoms with van der Waals surface area (Å²) in [4.78, 5) is 0. The summed E-state index contributed by atoms with van der Waals surface area (Å²) in [5, 5.41) is 0.964. The Balaban J connectivity index is 0. The fourth-order valence-corrected chi connectivity index (χ4v) is 2.53. The van der Waals surface area contributed by atoms with Gasteiger partial charge in [0.25, 0.3) is 0 Å². The average molecular weight is 441 g/mol.